The Kier molecular flexibility index (Phi) is 5.07. The molecule has 0 radical (unpaired) electrons. The summed E-state index contributed by atoms with van der Waals surface area (Å²) in [5.74, 6) is 0.784. The van der Waals surface area contributed by atoms with Crippen LogP contribution in [-0.4, -0.2) is 51.8 Å². The first-order valence-electron chi connectivity index (χ1n) is 10.2. The maximum Gasteiger partial charge on any atom is 0.254 e. The third-order valence-electron chi connectivity index (χ3n) is 6.04. The number of carbonyl (C=O) groups is 1. The molecule has 0 unspecified atom stereocenters. The first kappa shape index (κ1) is 19.6. The van der Waals surface area contributed by atoms with Crippen molar-refractivity contribution in [2.45, 2.75) is 70.2 Å². The SMILES string of the molecule is CC(C)S(=O)(=O)N1CCc2c(nc([C@H]3CCCCN3C(=O)C3CC3)[nH]c2=O)C1. The van der Waals surface area contributed by atoms with Crippen LogP contribution in [0.1, 0.15) is 69.1 Å². The average Bonchev–Trinajstić information content (AvgIpc) is 3.52. The zero-order chi connectivity index (χ0) is 20.1. The number of aromatic amines is 1. The number of carbonyl (C=O) groups excluding carboxylic acids is 1. The van der Waals surface area contributed by atoms with Crippen molar-refractivity contribution in [1.29, 1.82) is 0 Å². The van der Waals surface area contributed by atoms with Gasteiger partial charge in [0.05, 0.1) is 23.5 Å². The highest BCUT2D eigenvalue weighted by molar-refractivity contribution is 7.89. The van der Waals surface area contributed by atoms with Crippen LogP contribution in [0.25, 0.3) is 0 Å². The van der Waals surface area contributed by atoms with Gasteiger partial charge >= 0.3 is 0 Å². The van der Waals surface area contributed by atoms with Crippen LogP contribution in [0, 0.1) is 5.92 Å². The number of H-pyrrole nitrogens is 1. The normalized spacial score (nSPS) is 23.7. The lowest BCUT2D eigenvalue weighted by Gasteiger charge is -2.36. The van der Waals surface area contributed by atoms with Crippen molar-refractivity contribution in [3.63, 3.8) is 0 Å². The van der Waals surface area contributed by atoms with Gasteiger partial charge in [-0.15, -0.1) is 0 Å². The maximum atomic E-state index is 12.7. The molecule has 8 nitrogen and oxygen atoms in total. The van der Waals surface area contributed by atoms with Crippen molar-refractivity contribution in [2.24, 2.45) is 5.92 Å². The summed E-state index contributed by atoms with van der Waals surface area (Å²) >= 11 is 0. The minimum absolute atomic E-state index is 0.121. The first-order chi connectivity index (χ1) is 13.3. The Morgan fingerprint density at radius 1 is 1.18 bits per heavy atom. The summed E-state index contributed by atoms with van der Waals surface area (Å²) in [4.78, 5) is 34.8. The zero-order valence-corrected chi connectivity index (χ0v) is 17.3. The van der Waals surface area contributed by atoms with E-state index in [9.17, 15) is 18.0 Å². The van der Waals surface area contributed by atoms with Crippen LogP contribution >= 0.6 is 0 Å². The molecule has 1 aromatic heterocycles. The van der Waals surface area contributed by atoms with E-state index in [1.165, 1.54) is 4.31 Å². The Hall–Kier alpha value is -1.74. The summed E-state index contributed by atoms with van der Waals surface area (Å²) in [5, 5.41) is -0.513. The van der Waals surface area contributed by atoms with Crippen molar-refractivity contribution in [3.05, 3.63) is 27.4 Å². The van der Waals surface area contributed by atoms with Gasteiger partial charge in [0.2, 0.25) is 15.9 Å². The molecule has 0 aromatic carbocycles. The Morgan fingerprint density at radius 2 is 1.93 bits per heavy atom. The highest BCUT2D eigenvalue weighted by atomic mass is 32.2. The number of aromatic nitrogens is 2. The minimum atomic E-state index is -3.40. The Bertz CT molecular complexity index is 936. The summed E-state index contributed by atoms with van der Waals surface area (Å²) < 4.78 is 26.5. The molecule has 1 amide bonds. The minimum Gasteiger partial charge on any atom is -0.332 e. The standard InChI is InChI=1S/C19H28N4O4S/c1-12(2)28(26,27)22-10-8-14-15(11-22)20-17(21-18(14)24)16-5-3-4-9-23(16)19(25)13-6-7-13/h12-13,16H,3-11H2,1-2H3,(H,20,21,24)/t16-/m1/s1. The van der Waals surface area contributed by atoms with E-state index in [4.69, 9.17) is 0 Å². The molecule has 154 valence electrons. The van der Waals surface area contributed by atoms with E-state index in [0.717, 1.165) is 32.1 Å². The van der Waals surface area contributed by atoms with Crippen molar-refractivity contribution in [1.82, 2.24) is 19.2 Å². The fraction of sp³-hybridized carbons (Fsp3) is 0.737. The number of piperidine rings is 1. The second-order valence-corrected chi connectivity index (χ2v) is 10.9. The predicted octanol–water partition coefficient (Wildman–Crippen LogP) is 1.33. The van der Waals surface area contributed by atoms with Gasteiger partial charge in [-0.3, -0.25) is 9.59 Å². The molecule has 1 aliphatic carbocycles. The zero-order valence-electron chi connectivity index (χ0n) is 16.5. The molecular formula is C19H28N4O4S. The number of sulfonamides is 1. The van der Waals surface area contributed by atoms with E-state index < -0.39 is 15.3 Å². The molecule has 3 heterocycles. The van der Waals surface area contributed by atoms with Gasteiger partial charge in [0.15, 0.2) is 0 Å². The smallest absolute Gasteiger partial charge is 0.254 e. The van der Waals surface area contributed by atoms with Crippen LogP contribution in [0.2, 0.25) is 0 Å². The molecule has 1 saturated heterocycles. The van der Waals surface area contributed by atoms with Crippen molar-refractivity contribution < 1.29 is 13.2 Å². The number of likely N-dealkylation sites (tertiary alicyclic amines) is 1. The fourth-order valence-corrected chi connectivity index (χ4v) is 5.40. The molecule has 4 rings (SSSR count). The summed E-state index contributed by atoms with van der Waals surface area (Å²) in [5.41, 5.74) is 0.888. The molecule has 1 N–H and O–H groups in total. The van der Waals surface area contributed by atoms with Crippen LogP contribution in [0.5, 0.6) is 0 Å². The van der Waals surface area contributed by atoms with Gasteiger partial charge in [-0.05, 0) is 52.4 Å². The largest absolute Gasteiger partial charge is 0.332 e. The van der Waals surface area contributed by atoms with Crippen molar-refractivity contribution in [3.8, 4) is 0 Å². The summed E-state index contributed by atoms with van der Waals surface area (Å²) in [6.45, 7) is 4.42. The summed E-state index contributed by atoms with van der Waals surface area (Å²) in [7, 11) is -3.40. The molecule has 1 saturated carbocycles. The highest BCUT2D eigenvalue weighted by Gasteiger charge is 2.39. The summed E-state index contributed by atoms with van der Waals surface area (Å²) in [6.07, 6.45) is 4.96. The van der Waals surface area contributed by atoms with Gasteiger partial charge < -0.3 is 9.88 Å². The number of amides is 1. The molecule has 3 aliphatic rings. The lowest BCUT2D eigenvalue weighted by atomic mass is 10.00. The van der Waals surface area contributed by atoms with Gasteiger partial charge in [-0.25, -0.2) is 13.4 Å². The predicted molar refractivity (Wildman–Crippen MR) is 104 cm³/mol. The summed E-state index contributed by atoms with van der Waals surface area (Å²) in [6, 6.07) is -0.225. The van der Waals surface area contributed by atoms with E-state index in [1.54, 1.807) is 13.8 Å². The van der Waals surface area contributed by atoms with E-state index in [1.807, 2.05) is 4.90 Å². The topological polar surface area (TPSA) is 103 Å². The van der Waals surface area contributed by atoms with Gasteiger partial charge in [0.1, 0.15) is 5.82 Å². The van der Waals surface area contributed by atoms with Gasteiger partial charge in [-0.2, -0.15) is 4.31 Å². The number of hydrogen-bond donors (Lipinski definition) is 1. The molecule has 2 fully saturated rings. The number of fused-ring (bicyclic) bond motifs is 1. The second kappa shape index (κ2) is 7.26. The molecule has 28 heavy (non-hydrogen) atoms. The number of hydrogen-bond acceptors (Lipinski definition) is 5. The maximum absolute atomic E-state index is 12.7. The van der Waals surface area contributed by atoms with Crippen LogP contribution < -0.4 is 5.56 Å². The second-order valence-electron chi connectivity index (χ2n) is 8.37. The molecule has 9 heteroatoms. The van der Waals surface area contributed by atoms with Gasteiger partial charge in [-0.1, -0.05) is 0 Å². The number of nitrogens with one attached hydrogen (secondary N) is 1. The Labute approximate surface area is 165 Å². The molecule has 2 aliphatic heterocycles. The third kappa shape index (κ3) is 3.50. The van der Waals surface area contributed by atoms with Gasteiger partial charge in [0, 0.05) is 24.6 Å². The molecule has 0 bridgehead atoms. The van der Waals surface area contributed by atoms with Crippen molar-refractivity contribution in [2.75, 3.05) is 13.1 Å². The van der Waals surface area contributed by atoms with Crippen molar-refractivity contribution >= 4 is 15.9 Å². The van der Waals surface area contributed by atoms with E-state index in [0.29, 0.717) is 36.6 Å². The van der Waals surface area contributed by atoms with Crippen LogP contribution in [0.3, 0.4) is 0 Å². The monoisotopic (exact) mass is 408 g/mol. The third-order valence-corrected chi connectivity index (χ3v) is 8.26. The number of rotatable bonds is 4. The van der Waals surface area contributed by atoms with Crippen LogP contribution in [0.4, 0.5) is 0 Å². The Morgan fingerprint density at radius 3 is 2.61 bits per heavy atom. The van der Waals surface area contributed by atoms with Crippen LogP contribution in [-0.2, 0) is 27.8 Å². The molecule has 1 aromatic rings. The average molecular weight is 409 g/mol. The Balaban J connectivity index is 1.66. The first-order valence-corrected chi connectivity index (χ1v) is 11.7. The lowest BCUT2D eigenvalue weighted by Crippen LogP contribution is -2.44. The van der Waals surface area contributed by atoms with E-state index in [-0.39, 0.29) is 30.0 Å². The molecule has 1 atom stereocenters. The van der Waals surface area contributed by atoms with Gasteiger partial charge in [0.25, 0.3) is 5.56 Å². The highest BCUT2D eigenvalue weighted by Crippen LogP contribution is 2.37. The fourth-order valence-electron chi connectivity index (χ4n) is 4.15. The quantitative estimate of drug-likeness (QED) is 0.809. The van der Waals surface area contributed by atoms with E-state index in [2.05, 4.69) is 9.97 Å². The number of nitrogens with zero attached hydrogens (tertiary/aromatic N) is 3. The lowest BCUT2D eigenvalue weighted by molar-refractivity contribution is -0.136. The van der Waals surface area contributed by atoms with E-state index >= 15 is 0 Å². The molecular weight excluding hydrogens is 380 g/mol. The van der Waals surface area contributed by atoms with Crippen LogP contribution in [0.15, 0.2) is 4.79 Å². The molecule has 0 spiro atoms.